The van der Waals surface area contributed by atoms with Crippen molar-refractivity contribution in [2.75, 3.05) is 45.1 Å². The third-order valence-corrected chi connectivity index (χ3v) is 7.57. The van der Waals surface area contributed by atoms with Gasteiger partial charge >= 0.3 is 11.8 Å². The summed E-state index contributed by atoms with van der Waals surface area (Å²) in [5.41, 5.74) is 7.36. The van der Waals surface area contributed by atoms with E-state index in [1.54, 1.807) is 9.13 Å². The van der Waals surface area contributed by atoms with Gasteiger partial charge in [0.25, 0.3) is 0 Å². The lowest BCUT2D eigenvalue weighted by Crippen LogP contribution is -2.38. The Hall–Kier alpha value is -4.42. The van der Waals surface area contributed by atoms with Crippen LogP contribution in [0.15, 0.2) is 65.7 Å². The van der Waals surface area contributed by atoms with Gasteiger partial charge < -0.3 is 30.2 Å². The van der Waals surface area contributed by atoms with Crippen molar-refractivity contribution in [2.24, 2.45) is 0 Å². The minimum absolute atomic E-state index is 0.00112. The molecule has 0 atom stereocenters. The second-order valence-corrected chi connectivity index (χ2v) is 12.1. The van der Waals surface area contributed by atoms with Crippen LogP contribution in [0.3, 0.4) is 0 Å². The first-order valence-electron chi connectivity index (χ1n) is 15.5. The Labute approximate surface area is 263 Å². The summed E-state index contributed by atoms with van der Waals surface area (Å²) >= 11 is 0. The number of fused-ring (bicyclic) bond motifs is 1. The van der Waals surface area contributed by atoms with E-state index >= 15 is 0 Å². The predicted octanol–water partition coefficient (Wildman–Crippen LogP) is 4.92. The molecule has 2 aromatic carbocycles. The number of nitrogens with zero attached hydrogens (tertiary/aromatic N) is 5. The lowest BCUT2D eigenvalue weighted by Gasteiger charge is -2.32. The molecule has 5 rings (SSSR count). The summed E-state index contributed by atoms with van der Waals surface area (Å²) in [6.45, 7) is 9.94. The van der Waals surface area contributed by atoms with Crippen molar-refractivity contribution in [1.29, 1.82) is 0 Å². The number of nitrogen functional groups attached to an aromatic ring is 1. The van der Waals surface area contributed by atoms with E-state index in [0.29, 0.717) is 42.4 Å². The zero-order valence-corrected chi connectivity index (χ0v) is 26.3. The van der Waals surface area contributed by atoms with Crippen molar-refractivity contribution in [3.05, 3.63) is 71.4 Å². The minimum atomic E-state index is -0.502. The first-order valence-corrected chi connectivity index (χ1v) is 15.5. The number of carbonyl (C=O) groups excluding carboxylic acids is 1. The van der Waals surface area contributed by atoms with Crippen molar-refractivity contribution in [3.8, 4) is 17.2 Å². The number of nitrogens with two attached hydrogens (primary N) is 1. The number of hydrogen-bond acceptors (Lipinski definition) is 9. The van der Waals surface area contributed by atoms with Gasteiger partial charge in [-0.2, -0.15) is 0 Å². The monoisotopic (exact) mass is 617 g/mol. The molecule has 0 bridgehead atoms. The third kappa shape index (κ3) is 8.40. The average Bonchev–Trinajstić information content (AvgIpc) is 3.31. The fourth-order valence-corrected chi connectivity index (χ4v) is 5.50. The molecule has 0 radical (unpaired) electrons. The molecule has 1 aliphatic heterocycles. The second kappa shape index (κ2) is 14.6. The van der Waals surface area contributed by atoms with Gasteiger partial charge in [0.15, 0.2) is 11.5 Å². The first-order chi connectivity index (χ1) is 21.7. The molecular weight excluding hydrogens is 574 g/mol. The second-order valence-electron chi connectivity index (χ2n) is 12.1. The molecular formula is C33H43N7O5. The SMILES string of the molecule is CC(C)(C)OC(=O)NCCCOCCCN1CCC(n2c(=O)n(-c3ccc(Oc4ccccc4)cc3)c3c(N)ncnc32)CC1. The van der Waals surface area contributed by atoms with E-state index in [2.05, 4.69) is 20.2 Å². The maximum absolute atomic E-state index is 13.9. The lowest BCUT2D eigenvalue weighted by molar-refractivity contribution is 0.0518. The summed E-state index contributed by atoms with van der Waals surface area (Å²) in [5.74, 6) is 1.66. The molecule has 45 heavy (non-hydrogen) atoms. The smallest absolute Gasteiger partial charge is 0.407 e. The van der Waals surface area contributed by atoms with Crippen LogP contribution in [-0.4, -0.2) is 75.1 Å². The number of anilines is 1. The number of rotatable bonds is 12. The number of aromatic nitrogens is 4. The zero-order chi connectivity index (χ0) is 31.8. The molecule has 240 valence electrons. The molecule has 0 saturated carbocycles. The number of amides is 1. The fourth-order valence-electron chi connectivity index (χ4n) is 5.50. The maximum atomic E-state index is 13.9. The predicted molar refractivity (Wildman–Crippen MR) is 173 cm³/mol. The van der Waals surface area contributed by atoms with Gasteiger partial charge in [0.2, 0.25) is 0 Å². The molecule has 0 spiro atoms. The normalized spacial score (nSPS) is 14.5. The Kier molecular flexibility index (Phi) is 10.4. The van der Waals surface area contributed by atoms with Crippen LogP contribution in [0.4, 0.5) is 10.6 Å². The Morgan fingerprint density at radius 2 is 1.67 bits per heavy atom. The molecule has 1 saturated heterocycles. The summed E-state index contributed by atoms with van der Waals surface area (Å²) < 4.78 is 20.3. The van der Waals surface area contributed by atoms with E-state index < -0.39 is 11.7 Å². The minimum Gasteiger partial charge on any atom is -0.457 e. The van der Waals surface area contributed by atoms with E-state index in [-0.39, 0.29) is 17.5 Å². The zero-order valence-electron chi connectivity index (χ0n) is 26.3. The van der Waals surface area contributed by atoms with Crippen LogP contribution in [0.25, 0.3) is 16.9 Å². The molecule has 3 N–H and O–H groups in total. The van der Waals surface area contributed by atoms with Crippen molar-refractivity contribution in [1.82, 2.24) is 29.3 Å². The number of piperidine rings is 1. The van der Waals surface area contributed by atoms with Gasteiger partial charge in [-0.25, -0.2) is 19.6 Å². The summed E-state index contributed by atoms with van der Waals surface area (Å²) in [4.78, 5) is 36.7. The van der Waals surface area contributed by atoms with Crippen molar-refractivity contribution in [2.45, 2.75) is 58.1 Å². The Morgan fingerprint density at radius 1 is 0.978 bits per heavy atom. The van der Waals surface area contributed by atoms with E-state index in [0.717, 1.165) is 51.1 Å². The highest BCUT2D eigenvalue weighted by Crippen LogP contribution is 2.29. The number of nitrogens with one attached hydrogen (secondary N) is 1. The van der Waals surface area contributed by atoms with Gasteiger partial charge in [0.1, 0.15) is 28.9 Å². The van der Waals surface area contributed by atoms with Gasteiger partial charge in [-0.05, 0) is 82.9 Å². The Balaban J connectivity index is 1.14. The molecule has 1 fully saturated rings. The molecule has 2 aromatic heterocycles. The fraction of sp³-hybridized carbons (Fsp3) is 0.455. The largest absolute Gasteiger partial charge is 0.457 e. The van der Waals surface area contributed by atoms with E-state index in [1.165, 1.54) is 6.33 Å². The van der Waals surface area contributed by atoms with Gasteiger partial charge in [-0.3, -0.25) is 9.13 Å². The number of benzene rings is 2. The Bertz CT molecular complexity index is 1600. The first kappa shape index (κ1) is 32.0. The van der Waals surface area contributed by atoms with Crippen LogP contribution < -0.4 is 21.5 Å². The van der Waals surface area contributed by atoms with Crippen LogP contribution in [0, 0.1) is 0 Å². The number of alkyl carbamates (subject to hydrolysis) is 1. The van der Waals surface area contributed by atoms with E-state index in [1.807, 2.05) is 75.4 Å². The van der Waals surface area contributed by atoms with E-state index in [9.17, 15) is 9.59 Å². The molecule has 0 aliphatic carbocycles. The molecule has 0 unspecified atom stereocenters. The molecule has 1 aliphatic rings. The third-order valence-electron chi connectivity index (χ3n) is 7.57. The lowest BCUT2D eigenvalue weighted by atomic mass is 10.0. The van der Waals surface area contributed by atoms with Crippen LogP contribution in [0.5, 0.6) is 11.5 Å². The standard InChI is InChI=1S/C33H43N7O5/c1-33(2,3)45-31(41)35-17-7-21-43-22-8-18-38-19-15-25(16-20-38)40-30-28(29(34)36-23-37-30)39(32(40)42)24-11-13-27(14-12-24)44-26-9-5-4-6-10-26/h4-6,9-14,23,25H,7-8,15-22H2,1-3H3,(H,35,41)(H2,34,36,37). The Morgan fingerprint density at radius 3 is 2.38 bits per heavy atom. The number of ether oxygens (including phenoxy) is 3. The highest BCUT2D eigenvalue weighted by atomic mass is 16.6. The summed E-state index contributed by atoms with van der Waals surface area (Å²) in [5, 5.41) is 2.74. The maximum Gasteiger partial charge on any atom is 0.407 e. The number of carbonyl (C=O) groups is 1. The van der Waals surface area contributed by atoms with Crippen LogP contribution in [0.2, 0.25) is 0 Å². The highest BCUT2D eigenvalue weighted by Gasteiger charge is 2.27. The van der Waals surface area contributed by atoms with Crippen LogP contribution in [0.1, 0.15) is 52.5 Å². The highest BCUT2D eigenvalue weighted by molar-refractivity contribution is 5.84. The van der Waals surface area contributed by atoms with E-state index in [4.69, 9.17) is 19.9 Å². The van der Waals surface area contributed by atoms with Gasteiger partial charge in [-0.15, -0.1) is 0 Å². The number of imidazole rings is 1. The molecule has 1 amide bonds. The topological polar surface area (TPSA) is 139 Å². The van der Waals surface area contributed by atoms with Crippen molar-refractivity contribution >= 4 is 23.1 Å². The number of likely N-dealkylation sites (tertiary alicyclic amines) is 1. The quantitative estimate of drug-likeness (QED) is 0.212. The number of para-hydroxylation sites is 1. The molecule has 12 nitrogen and oxygen atoms in total. The summed E-state index contributed by atoms with van der Waals surface area (Å²) in [6.07, 6.45) is 4.30. The van der Waals surface area contributed by atoms with Gasteiger partial charge in [-0.1, -0.05) is 18.2 Å². The molecule has 12 heteroatoms. The molecule has 3 heterocycles. The summed E-state index contributed by atoms with van der Waals surface area (Å²) in [7, 11) is 0. The van der Waals surface area contributed by atoms with Gasteiger partial charge in [0, 0.05) is 45.4 Å². The number of hydrogen-bond donors (Lipinski definition) is 2. The average molecular weight is 618 g/mol. The van der Waals surface area contributed by atoms with Crippen LogP contribution in [-0.2, 0) is 9.47 Å². The van der Waals surface area contributed by atoms with Crippen molar-refractivity contribution in [3.63, 3.8) is 0 Å². The van der Waals surface area contributed by atoms with Gasteiger partial charge in [0.05, 0.1) is 5.69 Å². The van der Waals surface area contributed by atoms with Crippen molar-refractivity contribution < 1.29 is 19.0 Å². The van der Waals surface area contributed by atoms with Crippen LogP contribution >= 0.6 is 0 Å². The summed E-state index contributed by atoms with van der Waals surface area (Å²) in [6, 6.07) is 16.9. The molecule has 4 aromatic rings.